The molecule has 0 amide bonds. The van der Waals surface area contributed by atoms with Crippen LogP contribution < -0.4 is 9.75 Å². The largest absolute Gasteiger partial charge is 0.455 e. The van der Waals surface area contributed by atoms with E-state index < -0.39 is 8.07 Å². The molecule has 5 aromatic rings. The fourth-order valence-electron chi connectivity index (χ4n) is 5.05. The van der Waals surface area contributed by atoms with Gasteiger partial charge in [-0.05, 0) is 67.3 Å². The average molecular weight is 471 g/mol. The fourth-order valence-corrected chi connectivity index (χ4v) is 6.74. The summed E-state index contributed by atoms with van der Waals surface area (Å²) in [7, 11) is 0.614. The Kier molecular flexibility index (Phi) is 5.21. The fraction of sp³-hybridized carbons (Fsp3) is 0.300. The van der Waals surface area contributed by atoms with Crippen LogP contribution in [0.25, 0.3) is 44.1 Å². The van der Waals surface area contributed by atoms with Gasteiger partial charge in [0.2, 0.25) is 11.2 Å². The maximum absolute atomic E-state index is 13.9. The van der Waals surface area contributed by atoms with Gasteiger partial charge in [-0.1, -0.05) is 38.2 Å². The van der Waals surface area contributed by atoms with Crippen LogP contribution in [0.5, 0.6) is 0 Å². The van der Waals surface area contributed by atoms with Gasteiger partial charge in [0, 0.05) is 34.4 Å². The van der Waals surface area contributed by atoms with Crippen LogP contribution >= 0.6 is 0 Å². The molecular weight excluding hydrogens is 437 g/mol. The van der Waals surface area contributed by atoms with Crippen molar-refractivity contribution in [3.63, 3.8) is 0 Å². The second-order valence-electron chi connectivity index (χ2n) is 10.7. The molecule has 0 aliphatic rings. The third kappa shape index (κ3) is 3.30. The van der Waals surface area contributed by atoms with Crippen LogP contribution in [0.15, 0.2) is 52.9 Å². The molecule has 0 aliphatic carbocycles. The Hall–Kier alpha value is -2.98. The zero-order chi connectivity index (χ0) is 24.5. The van der Waals surface area contributed by atoms with Gasteiger partial charge in [-0.3, -0.25) is 0 Å². The number of benzene rings is 3. The number of halogens is 1. The highest BCUT2D eigenvalue weighted by Gasteiger charge is 2.29. The third-order valence-corrected chi connectivity index (χ3v) is 12.9. The number of aryl methyl sites for hydroxylation is 3. The van der Waals surface area contributed by atoms with E-state index in [1.54, 1.807) is 0 Å². The Morgan fingerprint density at radius 2 is 1.59 bits per heavy atom. The first-order chi connectivity index (χ1) is 16.0. The van der Waals surface area contributed by atoms with Crippen molar-refractivity contribution in [2.45, 2.75) is 53.3 Å². The number of furan rings is 1. The first kappa shape index (κ1) is 22.8. The molecule has 0 aliphatic heterocycles. The Bertz CT molecular complexity index is 1610. The predicted octanol–water partition coefficient (Wildman–Crippen LogP) is 7.62. The molecule has 0 saturated carbocycles. The molecule has 0 fully saturated rings. The van der Waals surface area contributed by atoms with Crippen molar-refractivity contribution >= 4 is 46.1 Å². The number of aromatic nitrogens is 1. The molecule has 0 N–H and O–H groups in total. The van der Waals surface area contributed by atoms with Gasteiger partial charge >= 0.3 is 0 Å². The Balaban J connectivity index is 1.83. The van der Waals surface area contributed by atoms with Crippen molar-refractivity contribution < 1.29 is 13.4 Å². The average Bonchev–Trinajstić information content (AvgIpc) is 3.13. The number of rotatable bonds is 3. The Morgan fingerprint density at radius 3 is 2.29 bits per heavy atom. The molecule has 174 valence electrons. The minimum absolute atomic E-state index is 0.280. The van der Waals surface area contributed by atoms with Crippen molar-refractivity contribution in [2.75, 3.05) is 0 Å². The lowest BCUT2D eigenvalue weighted by atomic mass is 9.95. The maximum Gasteiger partial charge on any atom is 0.217 e. The molecule has 0 unspecified atom stereocenters. The second-order valence-corrected chi connectivity index (χ2v) is 15.9. The maximum atomic E-state index is 13.9. The highest BCUT2D eigenvalue weighted by molar-refractivity contribution is 6.91. The summed E-state index contributed by atoms with van der Waals surface area (Å²) >= 11 is 0. The quantitative estimate of drug-likeness (QED) is 0.196. The van der Waals surface area contributed by atoms with E-state index in [0.717, 1.165) is 27.6 Å². The molecule has 0 radical (unpaired) electrons. The number of hydrogen-bond acceptors (Lipinski definition) is 1. The van der Waals surface area contributed by atoms with E-state index in [1.807, 2.05) is 6.07 Å². The molecule has 4 heteroatoms. The van der Waals surface area contributed by atoms with E-state index in [0.29, 0.717) is 11.1 Å². The highest BCUT2D eigenvalue weighted by Crippen LogP contribution is 2.39. The lowest BCUT2D eigenvalue weighted by molar-refractivity contribution is -0.633. The topological polar surface area (TPSA) is 17.0 Å². The van der Waals surface area contributed by atoms with Gasteiger partial charge in [0.05, 0.1) is 13.6 Å². The molecule has 0 bridgehead atoms. The minimum Gasteiger partial charge on any atom is -0.455 e. The van der Waals surface area contributed by atoms with Crippen LogP contribution in [0, 0.1) is 26.6 Å². The highest BCUT2D eigenvalue weighted by atomic mass is 28.3. The molecule has 0 saturated heterocycles. The summed E-state index contributed by atoms with van der Waals surface area (Å²) < 4.78 is 22.5. The van der Waals surface area contributed by atoms with Crippen molar-refractivity contribution in [2.24, 2.45) is 7.05 Å². The minimum atomic E-state index is -1.52. The van der Waals surface area contributed by atoms with Crippen LogP contribution in [0.4, 0.5) is 4.39 Å². The first-order valence-electron chi connectivity index (χ1n) is 12.1. The van der Waals surface area contributed by atoms with Crippen LogP contribution in [0.3, 0.4) is 0 Å². The van der Waals surface area contributed by atoms with Gasteiger partial charge in [0.25, 0.3) is 0 Å². The summed E-state index contributed by atoms with van der Waals surface area (Å²) in [6.07, 6.45) is 0. The van der Waals surface area contributed by atoms with E-state index >= 15 is 0 Å². The summed E-state index contributed by atoms with van der Waals surface area (Å²) in [5.41, 5.74) is 9.15. The molecule has 2 heterocycles. The Labute approximate surface area is 202 Å². The van der Waals surface area contributed by atoms with Crippen LogP contribution in [0.1, 0.15) is 30.5 Å². The third-order valence-electron chi connectivity index (χ3n) is 8.19. The summed E-state index contributed by atoms with van der Waals surface area (Å²) in [5.74, 6) is -0.280. The standard InChI is InChI=1S/C30H33FNOSi/c1-17(2)34(7,8)22-10-12-26-24(16-22)19(4)14-27(32(26)6)29-20(5)18(3)13-25-23-11-9-21(31)15-28(23)33-30(25)29/h9-17H,1-8H3/q+1. The summed E-state index contributed by atoms with van der Waals surface area (Å²) in [6, 6.07) is 16.3. The van der Waals surface area contributed by atoms with Gasteiger partial charge < -0.3 is 4.42 Å². The SMILES string of the molecule is Cc1cc2c(oc3cc(F)ccc32)c(-c2cc(C)c3cc([Si](C)(C)C(C)C)ccc3[n+]2C)c1C. The predicted molar refractivity (Wildman–Crippen MR) is 144 cm³/mol. The van der Waals surface area contributed by atoms with Gasteiger partial charge in [-0.15, -0.1) is 0 Å². The number of hydrogen-bond donors (Lipinski definition) is 0. The number of pyridine rings is 1. The molecule has 2 aromatic heterocycles. The number of fused-ring (bicyclic) bond motifs is 4. The number of nitrogens with zero attached hydrogens (tertiary/aromatic N) is 1. The van der Waals surface area contributed by atoms with Gasteiger partial charge in [-0.2, -0.15) is 4.57 Å². The normalized spacial score (nSPS) is 12.5. The van der Waals surface area contributed by atoms with E-state index in [-0.39, 0.29) is 5.82 Å². The molecule has 0 atom stereocenters. The summed E-state index contributed by atoms with van der Waals surface area (Å²) in [4.78, 5) is 0. The van der Waals surface area contributed by atoms with Gasteiger partial charge in [-0.25, -0.2) is 4.39 Å². The lowest BCUT2D eigenvalue weighted by Crippen LogP contribution is -2.44. The van der Waals surface area contributed by atoms with Crippen molar-refractivity contribution in [1.29, 1.82) is 0 Å². The molecular formula is C30H33FNOSi+. The lowest BCUT2D eigenvalue weighted by Gasteiger charge is -2.27. The van der Waals surface area contributed by atoms with E-state index in [9.17, 15) is 4.39 Å². The van der Waals surface area contributed by atoms with Crippen molar-refractivity contribution in [3.05, 3.63) is 71.0 Å². The van der Waals surface area contributed by atoms with Crippen molar-refractivity contribution in [3.8, 4) is 11.3 Å². The van der Waals surface area contributed by atoms with E-state index in [2.05, 4.69) is 89.7 Å². The zero-order valence-electron chi connectivity index (χ0n) is 21.4. The zero-order valence-corrected chi connectivity index (χ0v) is 22.4. The van der Waals surface area contributed by atoms with Crippen LogP contribution in [-0.4, -0.2) is 8.07 Å². The molecule has 34 heavy (non-hydrogen) atoms. The molecule has 2 nitrogen and oxygen atoms in total. The van der Waals surface area contributed by atoms with E-state index in [1.165, 1.54) is 44.9 Å². The molecule has 3 aromatic carbocycles. The Morgan fingerprint density at radius 1 is 0.853 bits per heavy atom. The smallest absolute Gasteiger partial charge is 0.217 e. The molecule has 0 spiro atoms. The van der Waals surface area contributed by atoms with Crippen LogP contribution in [-0.2, 0) is 7.05 Å². The van der Waals surface area contributed by atoms with Gasteiger partial charge in [0.1, 0.15) is 24.0 Å². The van der Waals surface area contributed by atoms with E-state index in [4.69, 9.17) is 4.42 Å². The second kappa shape index (κ2) is 7.77. The summed E-state index contributed by atoms with van der Waals surface area (Å²) in [5, 5.41) is 4.79. The molecule has 5 rings (SSSR count). The van der Waals surface area contributed by atoms with Gasteiger partial charge in [0.15, 0.2) is 0 Å². The summed E-state index contributed by atoms with van der Waals surface area (Å²) in [6.45, 7) is 16.1. The van der Waals surface area contributed by atoms with Crippen molar-refractivity contribution in [1.82, 2.24) is 0 Å². The first-order valence-corrected chi connectivity index (χ1v) is 15.1. The van der Waals surface area contributed by atoms with Crippen LogP contribution in [0.2, 0.25) is 18.6 Å². The monoisotopic (exact) mass is 470 g/mol.